The molecule has 0 aromatic carbocycles. The SMILES string of the molecule is C=C1OB(c2cnn(C3CCCN(C(=O)OC(C)(C)C)C3)c2)OC1(C)C. The molecule has 2 aliphatic rings. The topological polar surface area (TPSA) is 65.8 Å². The van der Waals surface area contributed by atoms with Crippen LogP contribution in [0, 0.1) is 0 Å². The Balaban J connectivity index is 1.66. The summed E-state index contributed by atoms with van der Waals surface area (Å²) >= 11 is 0. The summed E-state index contributed by atoms with van der Waals surface area (Å²) in [6.45, 7) is 14.7. The fourth-order valence-electron chi connectivity index (χ4n) is 3.10. The van der Waals surface area contributed by atoms with Crippen molar-refractivity contribution in [1.29, 1.82) is 0 Å². The summed E-state index contributed by atoms with van der Waals surface area (Å²) in [5.41, 5.74) is -0.147. The largest absolute Gasteiger partial charge is 0.566 e. The van der Waals surface area contributed by atoms with Gasteiger partial charge in [0.05, 0.1) is 18.0 Å². The molecule has 0 radical (unpaired) electrons. The Labute approximate surface area is 155 Å². The molecule has 1 amide bonds. The van der Waals surface area contributed by atoms with E-state index in [0.717, 1.165) is 18.3 Å². The van der Waals surface area contributed by atoms with E-state index in [1.165, 1.54) is 0 Å². The molecule has 7 nitrogen and oxygen atoms in total. The van der Waals surface area contributed by atoms with E-state index in [9.17, 15) is 4.79 Å². The molecule has 0 aliphatic carbocycles. The van der Waals surface area contributed by atoms with Crippen LogP contribution in [-0.2, 0) is 14.0 Å². The van der Waals surface area contributed by atoms with Gasteiger partial charge in [-0.25, -0.2) is 4.79 Å². The van der Waals surface area contributed by atoms with E-state index in [-0.39, 0.29) is 12.1 Å². The van der Waals surface area contributed by atoms with E-state index >= 15 is 0 Å². The van der Waals surface area contributed by atoms with Crippen molar-refractivity contribution in [3.05, 3.63) is 24.7 Å². The average Bonchev–Trinajstić information content (AvgIpc) is 3.11. The number of ether oxygens (including phenoxy) is 1. The third-order valence-electron chi connectivity index (χ3n) is 4.64. The molecule has 2 fully saturated rings. The molecular weight excluding hydrogens is 333 g/mol. The van der Waals surface area contributed by atoms with Crippen LogP contribution in [0.5, 0.6) is 0 Å². The fraction of sp³-hybridized carbons (Fsp3) is 0.667. The zero-order valence-corrected chi connectivity index (χ0v) is 16.3. The Morgan fingerprint density at radius 1 is 1.46 bits per heavy atom. The van der Waals surface area contributed by atoms with Crippen LogP contribution in [-0.4, -0.2) is 52.2 Å². The van der Waals surface area contributed by atoms with Gasteiger partial charge in [0, 0.05) is 24.7 Å². The molecule has 1 unspecified atom stereocenters. The van der Waals surface area contributed by atoms with Gasteiger partial charge in [0.1, 0.15) is 11.2 Å². The molecule has 1 aromatic rings. The number of carbonyl (C=O) groups is 1. The number of aromatic nitrogens is 2. The summed E-state index contributed by atoms with van der Waals surface area (Å²) in [6, 6.07) is 0.114. The highest BCUT2D eigenvalue weighted by molar-refractivity contribution is 6.62. The van der Waals surface area contributed by atoms with Crippen molar-refractivity contribution in [1.82, 2.24) is 14.7 Å². The van der Waals surface area contributed by atoms with Gasteiger partial charge in [-0.1, -0.05) is 6.58 Å². The third-order valence-corrected chi connectivity index (χ3v) is 4.64. The number of hydrogen-bond donors (Lipinski definition) is 0. The summed E-state index contributed by atoms with van der Waals surface area (Å²) in [6.07, 6.45) is 5.30. The van der Waals surface area contributed by atoms with Crippen molar-refractivity contribution in [2.24, 2.45) is 0 Å². The first-order chi connectivity index (χ1) is 12.0. The van der Waals surface area contributed by atoms with Crippen molar-refractivity contribution in [3.8, 4) is 0 Å². The normalized spacial score (nSPS) is 23.1. The van der Waals surface area contributed by atoms with Gasteiger partial charge in [-0.05, 0) is 47.5 Å². The number of rotatable bonds is 2. The standard InChI is InChI=1S/C18H28BN3O4/c1-13-18(5,6)26-19(25-13)14-10-20-22(11-14)15-8-7-9-21(12-15)16(23)24-17(2,3)4/h10-11,15H,1,7-9,12H2,2-6H3. The zero-order chi connectivity index (χ0) is 19.1. The molecule has 1 aromatic heterocycles. The predicted molar refractivity (Wildman–Crippen MR) is 99.1 cm³/mol. The minimum Gasteiger partial charge on any atom is -0.534 e. The highest BCUT2D eigenvalue weighted by Gasteiger charge is 2.43. The number of amides is 1. The Morgan fingerprint density at radius 2 is 2.19 bits per heavy atom. The molecule has 1 atom stereocenters. The van der Waals surface area contributed by atoms with Crippen LogP contribution >= 0.6 is 0 Å². The van der Waals surface area contributed by atoms with Crippen LogP contribution in [0.3, 0.4) is 0 Å². The van der Waals surface area contributed by atoms with Crippen molar-refractivity contribution >= 4 is 18.7 Å². The molecule has 2 aliphatic heterocycles. The second-order valence-electron chi connectivity index (χ2n) is 8.48. The third kappa shape index (κ3) is 4.06. The van der Waals surface area contributed by atoms with Crippen molar-refractivity contribution < 1.29 is 18.8 Å². The smallest absolute Gasteiger partial charge is 0.534 e. The van der Waals surface area contributed by atoms with Crippen LogP contribution < -0.4 is 5.46 Å². The molecule has 3 heterocycles. The Morgan fingerprint density at radius 3 is 2.81 bits per heavy atom. The van der Waals surface area contributed by atoms with Gasteiger partial charge in [0.25, 0.3) is 0 Å². The first kappa shape index (κ1) is 18.8. The lowest BCUT2D eigenvalue weighted by molar-refractivity contribution is 0.0167. The van der Waals surface area contributed by atoms with Gasteiger partial charge < -0.3 is 18.9 Å². The van der Waals surface area contributed by atoms with Crippen LogP contribution in [0.15, 0.2) is 24.7 Å². The van der Waals surface area contributed by atoms with E-state index in [1.807, 2.05) is 45.5 Å². The van der Waals surface area contributed by atoms with Crippen LogP contribution in [0.25, 0.3) is 0 Å². The summed E-state index contributed by atoms with van der Waals surface area (Å²) in [5.74, 6) is 0.615. The zero-order valence-electron chi connectivity index (χ0n) is 16.3. The second-order valence-corrected chi connectivity index (χ2v) is 8.48. The molecule has 26 heavy (non-hydrogen) atoms. The summed E-state index contributed by atoms with van der Waals surface area (Å²) in [7, 11) is -0.489. The minimum absolute atomic E-state index is 0.114. The molecule has 0 bridgehead atoms. The molecule has 0 saturated carbocycles. The number of carbonyl (C=O) groups excluding carboxylic acids is 1. The van der Waals surface area contributed by atoms with Gasteiger partial charge in [-0.15, -0.1) is 0 Å². The van der Waals surface area contributed by atoms with Gasteiger partial charge in [-0.3, -0.25) is 4.68 Å². The van der Waals surface area contributed by atoms with E-state index in [4.69, 9.17) is 14.0 Å². The first-order valence-corrected chi connectivity index (χ1v) is 9.11. The number of nitrogens with zero attached hydrogens (tertiary/aromatic N) is 3. The number of hydrogen-bond acceptors (Lipinski definition) is 5. The number of likely N-dealkylation sites (tertiary alicyclic amines) is 1. The molecule has 0 spiro atoms. The van der Waals surface area contributed by atoms with E-state index in [0.29, 0.717) is 18.8 Å². The molecule has 2 saturated heterocycles. The molecule has 142 valence electrons. The van der Waals surface area contributed by atoms with Crippen molar-refractivity contribution in [2.75, 3.05) is 13.1 Å². The van der Waals surface area contributed by atoms with Gasteiger partial charge >= 0.3 is 13.2 Å². The fourth-order valence-corrected chi connectivity index (χ4v) is 3.10. The lowest BCUT2D eigenvalue weighted by atomic mass is 9.82. The van der Waals surface area contributed by atoms with Crippen LogP contribution in [0.1, 0.15) is 53.5 Å². The average molecular weight is 361 g/mol. The maximum Gasteiger partial charge on any atom is 0.566 e. The highest BCUT2D eigenvalue weighted by Crippen LogP contribution is 2.29. The molecule has 8 heteroatoms. The number of piperidine rings is 1. The molecular formula is C18H28BN3O4. The van der Waals surface area contributed by atoms with Crippen LogP contribution in [0.4, 0.5) is 4.79 Å². The summed E-state index contributed by atoms with van der Waals surface area (Å²) in [4.78, 5) is 14.1. The Hall–Kier alpha value is -1.96. The lowest BCUT2D eigenvalue weighted by Crippen LogP contribution is -2.43. The Kier molecular flexibility index (Phi) is 4.81. The van der Waals surface area contributed by atoms with Gasteiger partial charge in [0.15, 0.2) is 0 Å². The maximum atomic E-state index is 12.3. The van der Waals surface area contributed by atoms with E-state index in [1.54, 1.807) is 11.1 Å². The Bertz CT molecular complexity index is 695. The lowest BCUT2D eigenvalue weighted by Gasteiger charge is -2.34. The monoisotopic (exact) mass is 361 g/mol. The van der Waals surface area contributed by atoms with Crippen molar-refractivity contribution in [3.63, 3.8) is 0 Å². The van der Waals surface area contributed by atoms with E-state index < -0.39 is 18.3 Å². The molecule has 3 rings (SSSR count). The minimum atomic E-state index is -0.509. The van der Waals surface area contributed by atoms with E-state index in [2.05, 4.69) is 11.7 Å². The summed E-state index contributed by atoms with van der Waals surface area (Å²) in [5, 5.41) is 4.47. The highest BCUT2D eigenvalue weighted by atomic mass is 16.7. The maximum absolute atomic E-state index is 12.3. The van der Waals surface area contributed by atoms with Gasteiger partial charge in [-0.2, -0.15) is 5.10 Å². The predicted octanol–water partition coefficient (Wildman–Crippen LogP) is 2.49. The summed E-state index contributed by atoms with van der Waals surface area (Å²) < 4.78 is 19.0. The van der Waals surface area contributed by atoms with Gasteiger partial charge in [0.2, 0.25) is 0 Å². The van der Waals surface area contributed by atoms with Crippen molar-refractivity contribution in [2.45, 2.75) is 64.7 Å². The first-order valence-electron chi connectivity index (χ1n) is 9.11. The van der Waals surface area contributed by atoms with Crippen LogP contribution in [0.2, 0.25) is 0 Å². The molecule has 0 N–H and O–H groups in total. The second kappa shape index (κ2) is 6.65. The quantitative estimate of drug-likeness (QED) is 0.758.